The van der Waals surface area contributed by atoms with Gasteiger partial charge in [0, 0.05) is 0 Å². The fraction of sp³-hybridized carbons (Fsp3) is 0.926. The quantitative estimate of drug-likeness (QED) is 0.314. The van der Waals surface area contributed by atoms with Crippen molar-refractivity contribution in [2.45, 2.75) is 116 Å². The molecule has 0 aromatic heterocycles. The van der Waals surface area contributed by atoms with E-state index in [1.807, 2.05) is 0 Å². The summed E-state index contributed by atoms with van der Waals surface area (Å²) >= 11 is 0. The van der Waals surface area contributed by atoms with Crippen LogP contribution < -0.4 is 0 Å². The maximum absolute atomic E-state index is 4.00. The third kappa shape index (κ3) is 5.86. The summed E-state index contributed by atoms with van der Waals surface area (Å²) < 4.78 is 0. The van der Waals surface area contributed by atoms with Crippen LogP contribution >= 0.6 is 0 Å². The molecule has 0 fully saturated rings. The molecule has 27 heavy (non-hydrogen) atoms. The first-order valence-corrected chi connectivity index (χ1v) is 11.4. The number of allylic oxidation sites excluding steroid dienone is 1. The molecule has 0 aromatic carbocycles. The minimum Gasteiger partial charge on any atom is -0.103 e. The van der Waals surface area contributed by atoms with Gasteiger partial charge in [0.05, 0.1) is 0 Å². The normalized spacial score (nSPS) is 17.1. The molecule has 0 bridgehead atoms. The minimum absolute atomic E-state index is 0.264. The van der Waals surface area contributed by atoms with Crippen molar-refractivity contribution in [1.29, 1.82) is 0 Å². The lowest BCUT2D eigenvalue weighted by atomic mass is 9.52. The highest BCUT2D eigenvalue weighted by atomic mass is 14.5. The third-order valence-electron chi connectivity index (χ3n) is 9.82. The molecule has 0 aliphatic carbocycles. The van der Waals surface area contributed by atoms with Gasteiger partial charge in [-0.05, 0) is 64.1 Å². The molecule has 0 rings (SSSR count). The standard InChI is InChI=1S/C27H54/c1-16-17-24(8,9)26(12,13)22(5)19-25(10,11)27(14,15)21(4)18-23(6,7)20(2)3/h16,20-22H,1,17-19H2,2-15H3. The number of hydrogen-bond acceptors (Lipinski definition) is 0. The van der Waals surface area contributed by atoms with Crippen LogP contribution in [0.1, 0.15) is 116 Å². The van der Waals surface area contributed by atoms with Crippen molar-refractivity contribution >= 4 is 0 Å². The summed E-state index contributed by atoms with van der Waals surface area (Å²) in [7, 11) is 0. The maximum Gasteiger partial charge on any atom is -0.0266 e. The first-order valence-electron chi connectivity index (χ1n) is 11.4. The molecule has 0 aromatic rings. The van der Waals surface area contributed by atoms with Gasteiger partial charge in [-0.1, -0.05) is 103 Å². The van der Waals surface area contributed by atoms with Crippen molar-refractivity contribution < 1.29 is 0 Å². The van der Waals surface area contributed by atoms with Crippen molar-refractivity contribution in [1.82, 2.24) is 0 Å². The van der Waals surface area contributed by atoms with Gasteiger partial charge in [-0.15, -0.1) is 6.58 Å². The van der Waals surface area contributed by atoms with Crippen LogP contribution in [0, 0.1) is 44.8 Å². The Labute approximate surface area is 174 Å². The van der Waals surface area contributed by atoms with Crippen LogP contribution in [0.2, 0.25) is 0 Å². The molecule has 0 saturated heterocycles. The SMILES string of the molecule is C=CCC(C)(C)C(C)(C)C(C)CC(C)(C)C(C)(C)C(C)CC(C)(C)C(C)C. The minimum atomic E-state index is 0.264. The van der Waals surface area contributed by atoms with Gasteiger partial charge in [0.2, 0.25) is 0 Å². The van der Waals surface area contributed by atoms with Crippen LogP contribution in [-0.4, -0.2) is 0 Å². The van der Waals surface area contributed by atoms with Crippen molar-refractivity contribution in [3.63, 3.8) is 0 Å². The Hall–Kier alpha value is -0.260. The monoisotopic (exact) mass is 378 g/mol. The Bertz CT molecular complexity index is 470. The average Bonchev–Trinajstić information content (AvgIpc) is 2.45. The smallest absolute Gasteiger partial charge is 0.0266 e. The van der Waals surface area contributed by atoms with Crippen LogP contribution in [0.25, 0.3) is 0 Å². The van der Waals surface area contributed by atoms with E-state index in [9.17, 15) is 0 Å². The fourth-order valence-corrected chi connectivity index (χ4v) is 4.52. The van der Waals surface area contributed by atoms with Crippen molar-refractivity contribution in [3.05, 3.63) is 12.7 Å². The van der Waals surface area contributed by atoms with E-state index >= 15 is 0 Å². The molecule has 0 nitrogen and oxygen atoms in total. The molecule has 2 atom stereocenters. The van der Waals surface area contributed by atoms with Gasteiger partial charge in [-0.2, -0.15) is 0 Å². The second-order valence-electron chi connectivity index (χ2n) is 13.1. The van der Waals surface area contributed by atoms with Crippen LogP contribution in [0.4, 0.5) is 0 Å². The maximum atomic E-state index is 4.00. The zero-order valence-electron chi connectivity index (χ0n) is 21.6. The molecule has 0 spiro atoms. The molecule has 162 valence electrons. The van der Waals surface area contributed by atoms with Gasteiger partial charge in [0.15, 0.2) is 0 Å². The lowest BCUT2D eigenvalue weighted by Crippen LogP contribution is -2.45. The highest BCUT2D eigenvalue weighted by Crippen LogP contribution is 2.56. The van der Waals surface area contributed by atoms with E-state index in [0.29, 0.717) is 28.1 Å². The summed E-state index contributed by atoms with van der Waals surface area (Å²) in [6.45, 7) is 38.4. The summed E-state index contributed by atoms with van der Waals surface area (Å²) in [5.74, 6) is 2.07. The van der Waals surface area contributed by atoms with Gasteiger partial charge in [0.25, 0.3) is 0 Å². The Balaban J connectivity index is 5.51. The molecule has 0 saturated carbocycles. The van der Waals surface area contributed by atoms with E-state index < -0.39 is 0 Å². The number of hydrogen-bond donors (Lipinski definition) is 0. The van der Waals surface area contributed by atoms with E-state index in [-0.39, 0.29) is 10.8 Å². The molecular weight excluding hydrogens is 324 g/mol. The Kier molecular flexibility index (Phi) is 8.54. The highest BCUT2D eigenvalue weighted by Gasteiger charge is 2.47. The molecule has 0 radical (unpaired) electrons. The summed E-state index contributed by atoms with van der Waals surface area (Å²) in [5, 5.41) is 0. The molecule has 0 amide bonds. The molecule has 0 heteroatoms. The van der Waals surface area contributed by atoms with Crippen LogP contribution in [0.3, 0.4) is 0 Å². The lowest BCUT2D eigenvalue weighted by Gasteiger charge is -2.53. The number of rotatable bonds is 11. The third-order valence-corrected chi connectivity index (χ3v) is 9.82. The summed E-state index contributed by atoms with van der Waals surface area (Å²) in [6, 6.07) is 0. The van der Waals surface area contributed by atoms with E-state index in [2.05, 4.69) is 110 Å². The molecule has 0 N–H and O–H groups in total. The van der Waals surface area contributed by atoms with E-state index in [1.165, 1.54) is 12.8 Å². The zero-order valence-corrected chi connectivity index (χ0v) is 21.6. The van der Waals surface area contributed by atoms with Crippen LogP contribution in [0.15, 0.2) is 12.7 Å². The molecule has 0 aliphatic heterocycles. The molecule has 0 heterocycles. The Morgan fingerprint density at radius 1 is 0.630 bits per heavy atom. The second kappa shape index (κ2) is 8.62. The molecule has 2 unspecified atom stereocenters. The van der Waals surface area contributed by atoms with Crippen molar-refractivity contribution in [2.24, 2.45) is 44.8 Å². The Morgan fingerprint density at radius 2 is 1.00 bits per heavy atom. The van der Waals surface area contributed by atoms with Gasteiger partial charge in [-0.25, -0.2) is 0 Å². The zero-order chi connectivity index (χ0) is 22.1. The van der Waals surface area contributed by atoms with E-state index in [1.54, 1.807) is 0 Å². The summed E-state index contributed by atoms with van der Waals surface area (Å²) in [4.78, 5) is 0. The van der Waals surface area contributed by atoms with Crippen LogP contribution in [0.5, 0.6) is 0 Å². The fourth-order valence-electron chi connectivity index (χ4n) is 4.52. The van der Waals surface area contributed by atoms with Crippen LogP contribution in [-0.2, 0) is 0 Å². The molecular formula is C27H54. The topological polar surface area (TPSA) is 0 Å². The predicted molar refractivity (Wildman–Crippen MR) is 126 cm³/mol. The summed E-state index contributed by atoms with van der Waals surface area (Å²) in [6.07, 6.45) is 5.73. The van der Waals surface area contributed by atoms with Crippen molar-refractivity contribution in [3.8, 4) is 0 Å². The van der Waals surface area contributed by atoms with Crippen molar-refractivity contribution in [2.75, 3.05) is 0 Å². The first kappa shape index (κ1) is 26.7. The lowest BCUT2D eigenvalue weighted by molar-refractivity contribution is -0.0357. The highest BCUT2D eigenvalue weighted by molar-refractivity contribution is 4.98. The van der Waals surface area contributed by atoms with Gasteiger partial charge < -0.3 is 0 Å². The van der Waals surface area contributed by atoms with Gasteiger partial charge in [0.1, 0.15) is 0 Å². The van der Waals surface area contributed by atoms with E-state index in [0.717, 1.165) is 12.3 Å². The Morgan fingerprint density at radius 3 is 1.37 bits per heavy atom. The van der Waals surface area contributed by atoms with Gasteiger partial charge in [-0.3, -0.25) is 0 Å². The van der Waals surface area contributed by atoms with Gasteiger partial charge >= 0.3 is 0 Å². The van der Waals surface area contributed by atoms with E-state index in [4.69, 9.17) is 0 Å². The first-order chi connectivity index (χ1) is 11.8. The largest absolute Gasteiger partial charge is 0.103 e. The average molecular weight is 379 g/mol. The molecule has 0 aliphatic rings. The second-order valence-corrected chi connectivity index (χ2v) is 13.1. The summed E-state index contributed by atoms with van der Waals surface area (Å²) in [5.41, 5.74) is 1.52. The predicted octanol–water partition coefficient (Wildman–Crippen LogP) is 9.40.